The highest BCUT2D eigenvalue weighted by molar-refractivity contribution is 9.10. The average Bonchev–Trinajstić information content (AvgIpc) is 2.12. The minimum atomic E-state index is 1.02. The molecule has 1 N–H and O–H groups in total. The number of fused-ring (bicyclic) bond motifs is 1. The molecule has 0 atom stereocenters. The smallest absolute Gasteiger partial charge is 0.0240 e. The maximum Gasteiger partial charge on any atom is 0.0240 e. The Morgan fingerprint density at radius 3 is 3.08 bits per heavy atom. The Balaban J connectivity index is 2.54. The van der Waals surface area contributed by atoms with Gasteiger partial charge in [0.2, 0.25) is 0 Å². The lowest BCUT2D eigenvalue weighted by molar-refractivity contribution is 0.641. The van der Waals surface area contributed by atoms with E-state index in [0.29, 0.717) is 0 Å². The summed E-state index contributed by atoms with van der Waals surface area (Å²) in [4.78, 5) is 0. The van der Waals surface area contributed by atoms with Crippen LogP contribution in [0.1, 0.15) is 16.7 Å². The van der Waals surface area contributed by atoms with E-state index in [9.17, 15) is 0 Å². The molecular weight excluding hydrogens is 214 g/mol. The van der Waals surface area contributed by atoms with Gasteiger partial charge in [0.25, 0.3) is 0 Å². The molecule has 0 saturated heterocycles. The van der Waals surface area contributed by atoms with E-state index in [1.165, 1.54) is 21.2 Å². The predicted octanol–water partition coefficient (Wildman–Crippen LogP) is 2.40. The quantitative estimate of drug-likeness (QED) is 0.716. The normalized spacial score (nSPS) is 15.8. The van der Waals surface area contributed by atoms with Crippen LogP contribution in [0.5, 0.6) is 0 Å². The van der Waals surface area contributed by atoms with E-state index < -0.39 is 0 Å². The molecule has 1 aliphatic rings. The molecule has 1 aliphatic heterocycles. The summed E-state index contributed by atoms with van der Waals surface area (Å²) in [6.07, 6.45) is 1.15. The van der Waals surface area contributed by atoms with Crippen LogP contribution in [0, 0.1) is 6.92 Å². The molecule has 0 fully saturated rings. The maximum atomic E-state index is 3.64. The number of benzene rings is 1. The van der Waals surface area contributed by atoms with Crippen LogP contribution in [0.25, 0.3) is 0 Å². The minimum Gasteiger partial charge on any atom is -0.312 e. The van der Waals surface area contributed by atoms with Crippen molar-refractivity contribution in [2.45, 2.75) is 19.9 Å². The summed E-state index contributed by atoms with van der Waals surface area (Å²) in [5.41, 5.74) is 4.28. The predicted molar refractivity (Wildman–Crippen MR) is 54.3 cm³/mol. The van der Waals surface area contributed by atoms with Gasteiger partial charge in [-0.15, -0.1) is 0 Å². The van der Waals surface area contributed by atoms with Gasteiger partial charge in [-0.1, -0.05) is 28.1 Å². The number of halogens is 1. The van der Waals surface area contributed by atoms with Gasteiger partial charge in [-0.2, -0.15) is 0 Å². The highest BCUT2D eigenvalue weighted by atomic mass is 79.9. The molecule has 0 aromatic heterocycles. The lowest BCUT2D eigenvalue weighted by atomic mass is 9.99. The molecule has 12 heavy (non-hydrogen) atoms. The highest BCUT2D eigenvalue weighted by Gasteiger charge is 2.12. The third-order valence-electron chi connectivity index (χ3n) is 2.40. The lowest BCUT2D eigenvalue weighted by Crippen LogP contribution is -2.23. The fraction of sp³-hybridized carbons (Fsp3) is 0.400. The van der Waals surface area contributed by atoms with Crippen molar-refractivity contribution >= 4 is 15.9 Å². The lowest BCUT2D eigenvalue weighted by Gasteiger charge is -2.19. The molecule has 0 aliphatic carbocycles. The summed E-state index contributed by atoms with van der Waals surface area (Å²) in [6, 6.07) is 4.40. The molecule has 1 aromatic carbocycles. The number of rotatable bonds is 0. The van der Waals surface area contributed by atoms with Crippen molar-refractivity contribution in [2.24, 2.45) is 0 Å². The molecular formula is C10H12BrN. The second kappa shape index (κ2) is 3.19. The zero-order chi connectivity index (χ0) is 8.55. The molecule has 0 radical (unpaired) electrons. The molecule has 1 heterocycles. The van der Waals surface area contributed by atoms with Crippen LogP contribution < -0.4 is 5.32 Å². The van der Waals surface area contributed by atoms with Crippen LogP contribution in [0.2, 0.25) is 0 Å². The van der Waals surface area contributed by atoms with E-state index >= 15 is 0 Å². The topological polar surface area (TPSA) is 12.0 Å². The Kier molecular flexibility index (Phi) is 2.20. The summed E-state index contributed by atoms with van der Waals surface area (Å²) in [7, 11) is 0. The van der Waals surface area contributed by atoms with Gasteiger partial charge in [0.1, 0.15) is 0 Å². The van der Waals surface area contributed by atoms with E-state index in [2.05, 4.69) is 40.3 Å². The molecule has 0 unspecified atom stereocenters. The summed E-state index contributed by atoms with van der Waals surface area (Å²) in [5, 5.41) is 3.37. The van der Waals surface area contributed by atoms with Crippen molar-refractivity contribution in [2.75, 3.05) is 6.54 Å². The van der Waals surface area contributed by atoms with Gasteiger partial charge in [-0.25, -0.2) is 0 Å². The summed E-state index contributed by atoms with van der Waals surface area (Å²) >= 11 is 3.64. The zero-order valence-electron chi connectivity index (χ0n) is 7.15. The van der Waals surface area contributed by atoms with E-state index in [1.807, 2.05) is 0 Å². The third-order valence-corrected chi connectivity index (χ3v) is 3.50. The first-order valence-electron chi connectivity index (χ1n) is 4.26. The van der Waals surface area contributed by atoms with Crippen LogP contribution in [-0.4, -0.2) is 6.54 Å². The van der Waals surface area contributed by atoms with E-state index in [4.69, 9.17) is 0 Å². The highest BCUT2D eigenvalue weighted by Crippen LogP contribution is 2.26. The van der Waals surface area contributed by atoms with Crippen LogP contribution >= 0.6 is 15.9 Å². The van der Waals surface area contributed by atoms with Crippen molar-refractivity contribution in [3.8, 4) is 0 Å². The van der Waals surface area contributed by atoms with Crippen molar-refractivity contribution in [1.82, 2.24) is 5.32 Å². The van der Waals surface area contributed by atoms with E-state index in [1.54, 1.807) is 0 Å². The Hall–Kier alpha value is -0.340. The minimum absolute atomic E-state index is 1.02. The summed E-state index contributed by atoms with van der Waals surface area (Å²) in [5.74, 6) is 0. The Morgan fingerprint density at radius 2 is 2.25 bits per heavy atom. The molecule has 0 spiro atoms. The van der Waals surface area contributed by atoms with Crippen LogP contribution in [0.4, 0.5) is 0 Å². The molecule has 0 amide bonds. The number of nitrogens with one attached hydrogen (secondary N) is 1. The zero-order valence-corrected chi connectivity index (χ0v) is 8.74. The van der Waals surface area contributed by atoms with Gasteiger partial charge < -0.3 is 5.32 Å². The van der Waals surface area contributed by atoms with Crippen molar-refractivity contribution in [3.05, 3.63) is 33.3 Å². The number of hydrogen-bond donors (Lipinski definition) is 1. The molecule has 0 saturated carbocycles. The van der Waals surface area contributed by atoms with Crippen LogP contribution in [0.15, 0.2) is 16.6 Å². The van der Waals surface area contributed by atoms with E-state index in [0.717, 1.165) is 19.5 Å². The van der Waals surface area contributed by atoms with Crippen LogP contribution in [-0.2, 0) is 13.0 Å². The molecule has 1 nitrogen and oxygen atoms in total. The van der Waals surface area contributed by atoms with Gasteiger partial charge in [-0.05, 0) is 36.6 Å². The Labute approximate surface area is 81.3 Å². The molecule has 0 bridgehead atoms. The largest absolute Gasteiger partial charge is 0.312 e. The maximum absolute atomic E-state index is 3.64. The summed E-state index contributed by atoms with van der Waals surface area (Å²) in [6.45, 7) is 4.27. The molecule has 64 valence electrons. The van der Waals surface area contributed by atoms with Gasteiger partial charge >= 0.3 is 0 Å². The van der Waals surface area contributed by atoms with Crippen molar-refractivity contribution < 1.29 is 0 Å². The Morgan fingerprint density at radius 1 is 1.42 bits per heavy atom. The van der Waals surface area contributed by atoms with Gasteiger partial charge in [0.15, 0.2) is 0 Å². The first-order valence-corrected chi connectivity index (χ1v) is 5.06. The first-order chi connectivity index (χ1) is 5.79. The third kappa shape index (κ3) is 1.29. The first kappa shape index (κ1) is 8.27. The summed E-state index contributed by atoms with van der Waals surface area (Å²) < 4.78 is 1.31. The SMILES string of the molecule is Cc1ccc2c(c1Br)CCNC2. The standard InChI is InChI=1S/C10H12BrN/c1-7-2-3-8-6-12-5-4-9(8)10(7)11/h2-3,12H,4-6H2,1H3. The van der Waals surface area contributed by atoms with Gasteiger partial charge in [-0.3, -0.25) is 0 Å². The second-order valence-electron chi connectivity index (χ2n) is 3.26. The molecule has 2 heteroatoms. The molecule has 1 aromatic rings. The average molecular weight is 226 g/mol. The molecule has 2 rings (SSSR count). The monoisotopic (exact) mass is 225 g/mol. The van der Waals surface area contributed by atoms with Crippen molar-refractivity contribution in [3.63, 3.8) is 0 Å². The van der Waals surface area contributed by atoms with Gasteiger partial charge in [0, 0.05) is 11.0 Å². The fourth-order valence-electron chi connectivity index (χ4n) is 1.65. The second-order valence-corrected chi connectivity index (χ2v) is 4.05. The Bertz CT molecular complexity index is 307. The van der Waals surface area contributed by atoms with E-state index in [-0.39, 0.29) is 0 Å². The van der Waals surface area contributed by atoms with Crippen LogP contribution in [0.3, 0.4) is 0 Å². The van der Waals surface area contributed by atoms with Crippen molar-refractivity contribution in [1.29, 1.82) is 0 Å². The number of aryl methyl sites for hydroxylation is 1. The fourth-order valence-corrected chi connectivity index (χ4v) is 2.24. The number of hydrogen-bond acceptors (Lipinski definition) is 1. The van der Waals surface area contributed by atoms with Gasteiger partial charge in [0.05, 0.1) is 0 Å².